The van der Waals surface area contributed by atoms with Gasteiger partial charge in [0.25, 0.3) is 0 Å². The van der Waals surface area contributed by atoms with Crippen LogP contribution in [0.15, 0.2) is 36.4 Å². The first kappa shape index (κ1) is 20.6. The van der Waals surface area contributed by atoms with Crippen molar-refractivity contribution in [1.82, 2.24) is 4.90 Å². The highest BCUT2D eigenvalue weighted by atomic mass is 16.5. The van der Waals surface area contributed by atoms with E-state index in [1.165, 1.54) is 0 Å². The van der Waals surface area contributed by atoms with Crippen LogP contribution in [0.2, 0.25) is 0 Å². The molecule has 0 amide bonds. The fraction of sp³-hybridized carbons (Fsp3) is 0.520. The van der Waals surface area contributed by atoms with Gasteiger partial charge in [-0.15, -0.1) is 0 Å². The Hall–Kier alpha value is -2.28. The SMILES string of the molecule is Cc1ccc2c(c1)[C@H](O)CC1(CCN(C[C@@H](O)c3ccc4c(c3)OCCCO4)CC1)O2. The molecule has 2 N–H and O–H groups in total. The number of piperidine rings is 1. The number of nitrogens with zero attached hydrogens (tertiary/aromatic N) is 1. The molecule has 31 heavy (non-hydrogen) atoms. The van der Waals surface area contributed by atoms with Crippen LogP contribution < -0.4 is 14.2 Å². The van der Waals surface area contributed by atoms with Crippen molar-refractivity contribution < 1.29 is 24.4 Å². The van der Waals surface area contributed by atoms with E-state index in [0.717, 1.165) is 60.5 Å². The molecule has 0 radical (unpaired) electrons. The van der Waals surface area contributed by atoms with Gasteiger partial charge >= 0.3 is 0 Å². The maximum Gasteiger partial charge on any atom is 0.161 e. The molecule has 0 saturated carbocycles. The summed E-state index contributed by atoms with van der Waals surface area (Å²) in [5.41, 5.74) is 2.56. The van der Waals surface area contributed by atoms with Crippen molar-refractivity contribution >= 4 is 0 Å². The average molecular weight is 426 g/mol. The molecule has 0 aromatic heterocycles. The van der Waals surface area contributed by atoms with Crippen molar-refractivity contribution in [1.29, 1.82) is 0 Å². The fourth-order valence-electron chi connectivity index (χ4n) is 4.94. The van der Waals surface area contributed by atoms with Crippen molar-refractivity contribution in [3.63, 3.8) is 0 Å². The lowest BCUT2D eigenvalue weighted by Crippen LogP contribution is -2.51. The van der Waals surface area contributed by atoms with E-state index in [9.17, 15) is 10.2 Å². The highest BCUT2D eigenvalue weighted by Gasteiger charge is 2.43. The molecule has 2 atom stereocenters. The van der Waals surface area contributed by atoms with Crippen molar-refractivity contribution in [3.8, 4) is 17.2 Å². The smallest absolute Gasteiger partial charge is 0.161 e. The molecule has 0 aliphatic carbocycles. The average Bonchev–Trinajstić information content (AvgIpc) is 3.01. The van der Waals surface area contributed by atoms with Gasteiger partial charge in [0.2, 0.25) is 0 Å². The van der Waals surface area contributed by atoms with Crippen LogP contribution in [0, 0.1) is 6.92 Å². The summed E-state index contributed by atoms with van der Waals surface area (Å²) in [4.78, 5) is 2.28. The van der Waals surface area contributed by atoms with Crippen LogP contribution in [-0.4, -0.2) is 53.6 Å². The molecular weight excluding hydrogens is 394 g/mol. The zero-order valence-electron chi connectivity index (χ0n) is 18.0. The lowest BCUT2D eigenvalue weighted by molar-refractivity contribution is -0.0588. The number of β-amino-alcohol motifs (C(OH)–C–C–N with tert-alkyl or cyclic N) is 1. The summed E-state index contributed by atoms with van der Waals surface area (Å²) in [7, 11) is 0. The van der Waals surface area contributed by atoms with Crippen LogP contribution in [-0.2, 0) is 0 Å². The molecule has 0 bridgehead atoms. The minimum Gasteiger partial charge on any atom is -0.490 e. The summed E-state index contributed by atoms with van der Waals surface area (Å²) in [5.74, 6) is 2.27. The molecule has 2 aromatic rings. The Balaban J connectivity index is 1.21. The number of rotatable bonds is 3. The predicted molar refractivity (Wildman–Crippen MR) is 117 cm³/mol. The third-order valence-electron chi connectivity index (χ3n) is 6.77. The van der Waals surface area contributed by atoms with Crippen LogP contribution >= 0.6 is 0 Å². The van der Waals surface area contributed by atoms with Crippen LogP contribution in [0.4, 0.5) is 0 Å². The molecule has 166 valence electrons. The molecule has 3 aliphatic rings. The maximum absolute atomic E-state index is 10.8. The van der Waals surface area contributed by atoms with Crippen molar-refractivity contribution in [2.24, 2.45) is 0 Å². The topological polar surface area (TPSA) is 71.4 Å². The Kier molecular flexibility index (Phi) is 5.54. The van der Waals surface area contributed by atoms with Gasteiger partial charge in [0.1, 0.15) is 11.4 Å². The fourth-order valence-corrected chi connectivity index (χ4v) is 4.94. The molecule has 1 saturated heterocycles. The molecular formula is C25H31NO5. The zero-order chi connectivity index (χ0) is 21.4. The van der Waals surface area contributed by atoms with E-state index in [1.807, 2.05) is 43.3 Å². The number of aryl methyl sites for hydroxylation is 1. The molecule has 3 aliphatic heterocycles. The van der Waals surface area contributed by atoms with Gasteiger partial charge in [0.05, 0.1) is 25.4 Å². The molecule has 5 rings (SSSR count). The van der Waals surface area contributed by atoms with Crippen LogP contribution in [0.5, 0.6) is 17.2 Å². The second-order valence-electron chi connectivity index (χ2n) is 9.12. The lowest BCUT2D eigenvalue weighted by Gasteiger charge is -2.46. The van der Waals surface area contributed by atoms with E-state index in [-0.39, 0.29) is 5.60 Å². The Morgan fingerprint density at radius 2 is 1.77 bits per heavy atom. The number of ether oxygens (including phenoxy) is 3. The molecule has 6 heteroatoms. The van der Waals surface area contributed by atoms with Gasteiger partial charge in [-0.05, 0) is 49.6 Å². The Bertz CT molecular complexity index is 938. The van der Waals surface area contributed by atoms with E-state index < -0.39 is 12.2 Å². The van der Waals surface area contributed by atoms with Crippen LogP contribution in [0.1, 0.15) is 54.6 Å². The number of aliphatic hydroxyl groups is 2. The predicted octanol–water partition coefficient (Wildman–Crippen LogP) is 3.54. The van der Waals surface area contributed by atoms with Gasteiger partial charge in [-0.3, -0.25) is 0 Å². The third-order valence-corrected chi connectivity index (χ3v) is 6.77. The number of hydrogen-bond acceptors (Lipinski definition) is 6. The third kappa shape index (κ3) is 4.25. The van der Waals surface area contributed by atoms with Gasteiger partial charge in [-0.1, -0.05) is 17.7 Å². The highest BCUT2D eigenvalue weighted by molar-refractivity contribution is 5.44. The normalized spacial score (nSPS) is 23.5. The van der Waals surface area contributed by atoms with E-state index >= 15 is 0 Å². The number of hydrogen-bond donors (Lipinski definition) is 2. The van der Waals surface area contributed by atoms with Gasteiger partial charge in [0.15, 0.2) is 11.5 Å². The molecule has 2 aromatic carbocycles. The highest BCUT2D eigenvalue weighted by Crippen LogP contribution is 2.44. The van der Waals surface area contributed by atoms with Gasteiger partial charge in [0, 0.05) is 38.0 Å². The van der Waals surface area contributed by atoms with Gasteiger partial charge in [-0.25, -0.2) is 0 Å². The first-order valence-electron chi connectivity index (χ1n) is 11.3. The van der Waals surface area contributed by atoms with E-state index in [1.54, 1.807) is 0 Å². The molecule has 1 spiro atoms. The zero-order valence-corrected chi connectivity index (χ0v) is 18.0. The van der Waals surface area contributed by atoms with Crippen LogP contribution in [0.25, 0.3) is 0 Å². The molecule has 1 fully saturated rings. The van der Waals surface area contributed by atoms with E-state index in [0.29, 0.717) is 31.9 Å². The number of benzene rings is 2. The van der Waals surface area contributed by atoms with Crippen molar-refractivity contribution in [3.05, 3.63) is 53.1 Å². The lowest BCUT2D eigenvalue weighted by atomic mass is 9.81. The second kappa shape index (κ2) is 8.34. The number of aliphatic hydroxyl groups excluding tert-OH is 2. The Labute approximate surface area is 183 Å². The Morgan fingerprint density at radius 3 is 2.58 bits per heavy atom. The summed E-state index contributed by atoms with van der Waals surface area (Å²) < 4.78 is 17.9. The van der Waals surface area contributed by atoms with Gasteiger partial charge < -0.3 is 29.3 Å². The summed E-state index contributed by atoms with van der Waals surface area (Å²) in [6.45, 7) is 5.55. The summed E-state index contributed by atoms with van der Waals surface area (Å²) in [5, 5.41) is 21.6. The standard InChI is InChI=1S/C25H31NO5/c1-17-3-5-22-19(13-17)20(27)15-25(31-22)7-9-26(10-8-25)16-21(28)18-4-6-23-24(14-18)30-12-2-11-29-23/h3-6,13-14,20-21,27-28H,2,7-12,15-16H2,1H3/t20-,21-/m1/s1. The summed E-state index contributed by atoms with van der Waals surface area (Å²) in [6.07, 6.45) is 2.09. The number of fused-ring (bicyclic) bond motifs is 2. The Morgan fingerprint density at radius 1 is 1.03 bits per heavy atom. The molecule has 6 nitrogen and oxygen atoms in total. The minimum atomic E-state index is -0.590. The first-order valence-corrected chi connectivity index (χ1v) is 11.3. The quantitative estimate of drug-likeness (QED) is 0.784. The summed E-state index contributed by atoms with van der Waals surface area (Å²) in [6, 6.07) is 11.7. The van der Waals surface area contributed by atoms with Crippen molar-refractivity contribution in [2.45, 2.75) is 50.4 Å². The van der Waals surface area contributed by atoms with E-state index in [4.69, 9.17) is 14.2 Å². The molecule has 3 heterocycles. The first-order chi connectivity index (χ1) is 15.0. The van der Waals surface area contributed by atoms with E-state index in [2.05, 4.69) is 4.90 Å². The number of likely N-dealkylation sites (tertiary alicyclic amines) is 1. The minimum absolute atomic E-state index is 0.321. The van der Waals surface area contributed by atoms with Crippen LogP contribution in [0.3, 0.4) is 0 Å². The maximum atomic E-state index is 10.8. The largest absolute Gasteiger partial charge is 0.490 e. The van der Waals surface area contributed by atoms with Gasteiger partial charge in [-0.2, -0.15) is 0 Å². The second-order valence-corrected chi connectivity index (χ2v) is 9.12. The monoisotopic (exact) mass is 425 g/mol. The summed E-state index contributed by atoms with van der Waals surface area (Å²) >= 11 is 0. The molecule has 0 unspecified atom stereocenters. The van der Waals surface area contributed by atoms with Crippen molar-refractivity contribution in [2.75, 3.05) is 32.8 Å².